The average molecular weight is 348 g/mol. The van der Waals surface area contributed by atoms with Gasteiger partial charge in [-0.3, -0.25) is 4.79 Å². The van der Waals surface area contributed by atoms with E-state index in [1.807, 2.05) is 49.4 Å². The molecule has 0 saturated carbocycles. The maximum atomic E-state index is 13.3. The second kappa shape index (κ2) is 6.63. The summed E-state index contributed by atoms with van der Waals surface area (Å²) in [6.45, 7) is 4.48. The molecule has 0 unspecified atom stereocenters. The lowest BCUT2D eigenvalue weighted by molar-refractivity contribution is 0.0954. The Morgan fingerprint density at radius 3 is 2.81 bits per heavy atom. The van der Waals surface area contributed by atoms with Crippen molar-refractivity contribution in [1.29, 1.82) is 0 Å². The third-order valence-electron chi connectivity index (χ3n) is 4.64. The van der Waals surface area contributed by atoms with Crippen molar-refractivity contribution in [2.75, 3.05) is 11.4 Å². The number of amides is 1. The monoisotopic (exact) mass is 348 g/mol. The van der Waals surface area contributed by atoms with Gasteiger partial charge in [0, 0.05) is 6.20 Å². The predicted molar refractivity (Wildman–Crippen MR) is 98.9 cm³/mol. The standard InChI is InChI=1S/C20H20N4O2/c1-3-15-13-23(17-8-4-5-9-18(17)26-15)20(25)16-12-22-24(14(16)2)19-10-6-7-11-21-19/h4-12,15H,3,13H2,1-2H3/t15-/m1/s1. The molecule has 0 fully saturated rings. The first kappa shape index (κ1) is 16.3. The summed E-state index contributed by atoms with van der Waals surface area (Å²) in [7, 11) is 0. The van der Waals surface area contributed by atoms with Crippen molar-refractivity contribution >= 4 is 11.6 Å². The minimum atomic E-state index is -0.0705. The van der Waals surface area contributed by atoms with Crippen molar-refractivity contribution in [3.63, 3.8) is 0 Å². The van der Waals surface area contributed by atoms with Crippen molar-refractivity contribution in [3.05, 3.63) is 66.1 Å². The van der Waals surface area contributed by atoms with Gasteiger partial charge in [-0.2, -0.15) is 5.10 Å². The number of carbonyl (C=O) groups is 1. The van der Waals surface area contributed by atoms with E-state index in [4.69, 9.17) is 4.74 Å². The molecule has 2 aromatic heterocycles. The van der Waals surface area contributed by atoms with E-state index < -0.39 is 0 Å². The zero-order valence-electron chi connectivity index (χ0n) is 14.8. The Kier molecular flexibility index (Phi) is 4.16. The van der Waals surface area contributed by atoms with Crippen molar-refractivity contribution in [2.24, 2.45) is 0 Å². The van der Waals surface area contributed by atoms with E-state index in [1.54, 1.807) is 22.0 Å². The molecule has 26 heavy (non-hydrogen) atoms. The number of carbonyl (C=O) groups excluding carboxylic acids is 1. The zero-order chi connectivity index (χ0) is 18.1. The Morgan fingerprint density at radius 1 is 1.23 bits per heavy atom. The molecule has 0 radical (unpaired) electrons. The largest absolute Gasteiger partial charge is 0.486 e. The number of hydrogen-bond donors (Lipinski definition) is 0. The average Bonchev–Trinajstić information content (AvgIpc) is 3.08. The topological polar surface area (TPSA) is 60.2 Å². The summed E-state index contributed by atoms with van der Waals surface area (Å²) in [5, 5.41) is 4.37. The van der Waals surface area contributed by atoms with Gasteiger partial charge in [0.05, 0.1) is 29.7 Å². The van der Waals surface area contributed by atoms with Gasteiger partial charge < -0.3 is 9.64 Å². The number of para-hydroxylation sites is 2. The summed E-state index contributed by atoms with van der Waals surface area (Å²) >= 11 is 0. The van der Waals surface area contributed by atoms with Gasteiger partial charge in [-0.25, -0.2) is 9.67 Å². The SMILES string of the molecule is CC[C@@H]1CN(C(=O)c2cnn(-c3ccccn3)c2C)c2ccccc2O1. The predicted octanol–water partition coefficient (Wildman–Crippen LogP) is 3.39. The van der Waals surface area contributed by atoms with Crippen LogP contribution in [0.25, 0.3) is 5.82 Å². The van der Waals surface area contributed by atoms with E-state index in [1.165, 1.54) is 0 Å². The third-order valence-corrected chi connectivity index (χ3v) is 4.64. The van der Waals surface area contributed by atoms with Crippen LogP contribution >= 0.6 is 0 Å². The molecule has 1 aliphatic rings. The highest BCUT2D eigenvalue weighted by molar-refractivity contribution is 6.07. The van der Waals surface area contributed by atoms with Gasteiger partial charge in [-0.05, 0) is 37.6 Å². The van der Waals surface area contributed by atoms with Crippen molar-refractivity contribution in [3.8, 4) is 11.6 Å². The Bertz CT molecular complexity index is 936. The highest BCUT2D eigenvalue weighted by Crippen LogP contribution is 2.35. The number of pyridine rings is 1. The molecule has 6 nitrogen and oxygen atoms in total. The van der Waals surface area contributed by atoms with E-state index in [0.717, 1.165) is 23.6 Å². The molecule has 0 bridgehead atoms. The van der Waals surface area contributed by atoms with E-state index >= 15 is 0 Å². The lowest BCUT2D eigenvalue weighted by atomic mass is 10.1. The van der Waals surface area contributed by atoms with Gasteiger partial charge in [0.25, 0.3) is 5.91 Å². The van der Waals surface area contributed by atoms with Gasteiger partial charge in [0.15, 0.2) is 5.82 Å². The molecule has 4 rings (SSSR count). The van der Waals surface area contributed by atoms with Gasteiger partial charge in [0.1, 0.15) is 11.9 Å². The van der Waals surface area contributed by atoms with E-state index in [2.05, 4.69) is 17.0 Å². The summed E-state index contributed by atoms with van der Waals surface area (Å²) in [6.07, 6.45) is 4.15. The molecule has 0 spiro atoms. The maximum absolute atomic E-state index is 13.3. The van der Waals surface area contributed by atoms with Crippen LogP contribution in [-0.4, -0.2) is 33.3 Å². The van der Waals surface area contributed by atoms with Crippen LogP contribution in [0.4, 0.5) is 5.69 Å². The summed E-state index contributed by atoms with van der Waals surface area (Å²) in [5.41, 5.74) is 2.14. The first-order chi connectivity index (χ1) is 12.7. The second-order valence-corrected chi connectivity index (χ2v) is 6.27. The Hall–Kier alpha value is -3.15. The quantitative estimate of drug-likeness (QED) is 0.728. The molecule has 0 N–H and O–H groups in total. The first-order valence-corrected chi connectivity index (χ1v) is 8.72. The van der Waals surface area contributed by atoms with E-state index in [9.17, 15) is 4.79 Å². The highest BCUT2D eigenvalue weighted by atomic mass is 16.5. The summed E-state index contributed by atoms with van der Waals surface area (Å²) in [5.74, 6) is 1.37. The maximum Gasteiger partial charge on any atom is 0.261 e. The first-order valence-electron chi connectivity index (χ1n) is 8.72. The Balaban J connectivity index is 1.71. The van der Waals surface area contributed by atoms with Gasteiger partial charge in [-0.15, -0.1) is 0 Å². The Labute approximate surface area is 152 Å². The summed E-state index contributed by atoms with van der Waals surface area (Å²) in [6, 6.07) is 13.3. The molecule has 1 atom stereocenters. The molecule has 1 aliphatic heterocycles. The van der Waals surface area contributed by atoms with Crippen molar-refractivity contribution < 1.29 is 9.53 Å². The minimum absolute atomic E-state index is 0.0139. The fraction of sp³-hybridized carbons (Fsp3) is 0.250. The van der Waals surface area contributed by atoms with Crippen LogP contribution in [0.15, 0.2) is 54.9 Å². The van der Waals surface area contributed by atoms with Crippen LogP contribution in [0.5, 0.6) is 5.75 Å². The molecule has 132 valence electrons. The van der Waals surface area contributed by atoms with Crippen LogP contribution in [-0.2, 0) is 0 Å². The number of nitrogens with zero attached hydrogens (tertiary/aromatic N) is 4. The zero-order valence-corrected chi connectivity index (χ0v) is 14.8. The molecule has 1 aromatic carbocycles. The molecule has 0 aliphatic carbocycles. The molecule has 3 heterocycles. The smallest absolute Gasteiger partial charge is 0.261 e. The number of rotatable bonds is 3. The lowest BCUT2D eigenvalue weighted by Gasteiger charge is -2.34. The molecular formula is C20H20N4O2. The fourth-order valence-corrected chi connectivity index (χ4v) is 3.18. The number of anilines is 1. The third kappa shape index (κ3) is 2.73. The van der Waals surface area contributed by atoms with Crippen LogP contribution in [0, 0.1) is 6.92 Å². The highest BCUT2D eigenvalue weighted by Gasteiger charge is 2.31. The molecular weight excluding hydrogens is 328 g/mol. The van der Waals surface area contributed by atoms with Crippen LogP contribution in [0.3, 0.4) is 0 Å². The molecule has 1 amide bonds. The van der Waals surface area contributed by atoms with Crippen molar-refractivity contribution in [2.45, 2.75) is 26.4 Å². The lowest BCUT2D eigenvalue weighted by Crippen LogP contribution is -2.43. The molecule has 3 aromatic rings. The van der Waals surface area contributed by atoms with Gasteiger partial charge >= 0.3 is 0 Å². The Morgan fingerprint density at radius 2 is 2.04 bits per heavy atom. The fourth-order valence-electron chi connectivity index (χ4n) is 3.18. The van der Waals surface area contributed by atoms with Crippen LogP contribution < -0.4 is 9.64 Å². The number of benzene rings is 1. The number of aromatic nitrogens is 3. The number of fused-ring (bicyclic) bond motifs is 1. The number of hydrogen-bond acceptors (Lipinski definition) is 4. The van der Waals surface area contributed by atoms with Crippen LogP contribution in [0.1, 0.15) is 29.4 Å². The van der Waals surface area contributed by atoms with Gasteiger partial charge in [-0.1, -0.05) is 25.1 Å². The van der Waals surface area contributed by atoms with Crippen LogP contribution in [0.2, 0.25) is 0 Å². The number of ether oxygens (including phenoxy) is 1. The normalized spacial score (nSPS) is 16.1. The van der Waals surface area contributed by atoms with E-state index in [0.29, 0.717) is 17.9 Å². The molecule has 0 saturated heterocycles. The minimum Gasteiger partial charge on any atom is -0.486 e. The summed E-state index contributed by atoms with van der Waals surface area (Å²) in [4.78, 5) is 19.4. The second-order valence-electron chi connectivity index (χ2n) is 6.27. The van der Waals surface area contributed by atoms with Gasteiger partial charge in [0.2, 0.25) is 0 Å². The summed E-state index contributed by atoms with van der Waals surface area (Å²) < 4.78 is 7.67. The van der Waals surface area contributed by atoms with Crippen molar-refractivity contribution in [1.82, 2.24) is 14.8 Å². The molecule has 6 heteroatoms. The van der Waals surface area contributed by atoms with E-state index in [-0.39, 0.29) is 12.0 Å².